The Kier molecular flexibility index (Phi) is 5.49. The molecule has 2 aromatic carbocycles. The van der Waals surface area contributed by atoms with Gasteiger partial charge in [0.15, 0.2) is 0 Å². The average molecular weight is 411 g/mol. The Morgan fingerprint density at radius 3 is 2.33 bits per heavy atom. The van der Waals surface area contributed by atoms with Crippen molar-refractivity contribution < 1.29 is 24.2 Å². The topological polar surface area (TPSA) is 165 Å². The number of urea groups is 1. The average Bonchev–Trinajstić information content (AvgIpc) is 2.96. The molecular formula is C18H13N5O7. The molecule has 12 heteroatoms. The number of nitrogens with zero attached hydrogens (tertiary/aromatic N) is 3. The molecule has 1 saturated heterocycles. The van der Waals surface area contributed by atoms with Crippen LogP contribution in [0.1, 0.15) is 5.56 Å². The van der Waals surface area contributed by atoms with Gasteiger partial charge in [0.1, 0.15) is 12.2 Å². The number of amides is 4. The molecule has 1 aliphatic rings. The van der Waals surface area contributed by atoms with Crippen LogP contribution in [0.3, 0.4) is 0 Å². The zero-order valence-electron chi connectivity index (χ0n) is 15.1. The highest BCUT2D eigenvalue weighted by molar-refractivity contribution is 6.15. The lowest BCUT2D eigenvalue weighted by molar-refractivity contribution is -0.385. The molecule has 30 heavy (non-hydrogen) atoms. The van der Waals surface area contributed by atoms with Crippen LogP contribution < -0.4 is 10.6 Å². The van der Waals surface area contributed by atoms with Crippen LogP contribution in [-0.4, -0.2) is 39.1 Å². The lowest BCUT2D eigenvalue weighted by Gasteiger charge is -2.11. The van der Waals surface area contributed by atoms with Crippen molar-refractivity contribution in [2.75, 3.05) is 11.9 Å². The van der Waals surface area contributed by atoms with Gasteiger partial charge in [0.05, 0.1) is 9.85 Å². The SMILES string of the molecule is O=C(CN1C(=O)N/C(=C\c2cccc([N+](=O)[O-])c2)C1=O)Nc1ccc([N+](=O)[O-])cc1. The molecule has 12 nitrogen and oxygen atoms in total. The molecule has 0 radical (unpaired) electrons. The third kappa shape index (κ3) is 4.44. The molecule has 0 spiro atoms. The number of nitro groups is 2. The van der Waals surface area contributed by atoms with Gasteiger partial charge in [-0.3, -0.25) is 29.8 Å². The molecule has 0 aliphatic carbocycles. The van der Waals surface area contributed by atoms with E-state index in [1.165, 1.54) is 54.6 Å². The number of benzene rings is 2. The van der Waals surface area contributed by atoms with Crippen LogP contribution in [0, 0.1) is 20.2 Å². The molecule has 1 aliphatic heterocycles. The van der Waals surface area contributed by atoms with E-state index < -0.39 is 34.2 Å². The first kappa shape index (κ1) is 20.1. The van der Waals surface area contributed by atoms with Gasteiger partial charge < -0.3 is 10.6 Å². The summed E-state index contributed by atoms with van der Waals surface area (Å²) in [5, 5.41) is 26.2. The lowest BCUT2D eigenvalue weighted by Crippen LogP contribution is -2.38. The maximum Gasteiger partial charge on any atom is 0.329 e. The van der Waals surface area contributed by atoms with E-state index >= 15 is 0 Å². The van der Waals surface area contributed by atoms with Gasteiger partial charge in [-0.2, -0.15) is 0 Å². The zero-order chi connectivity index (χ0) is 21.8. The van der Waals surface area contributed by atoms with Gasteiger partial charge in [-0.15, -0.1) is 0 Å². The van der Waals surface area contributed by atoms with Crippen LogP contribution in [-0.2, 0) is 9.59 Å². The lowest BCUT2D eigenvalue weighted by atomic mass is 10.1. The second kappa shape index (κ2) is 8.18. The number of hydrogen-bond donors (Lipinski definition) is 2. The van der Waals surface area contributed by atoms with Crippen LogP contribution in [0.2, 0.25) is 0 Å². The molecule has 1 fully saturated rings. The quantitative estimate of drug-likeness (QED) is 0.318. The Balaban J connectivity index is 1.68. The molecule has 2 N–H and O–H groups in total. The summed E-state index contributed by atoms with van der Waals surface area (Å²) in [6.45, 7) is -0.589. The van der Waals surface area contributed by atoms with Gasteiger partial charge in [-0.1, -0.05) is 12.1 Å². The third-order valence-corrected chi connectivity index (χ3v) is 4.02. The van der Waals surface area contributed by atoms with Crippen LogP contribution in [0.5, 0.6) is 0 Å². The van der Waals surface area contributed by atoms with E-state index in [9.17, 15) is 34.6 Å². The fourth-order valence-corrected chi connectivity index (χ4v) is 2.62. The molecule has 0 atom stereocenters. The van der Waals surface area contributed by atoms with E-state index in [1.807, 2.05) is 0 Å². The molecule has 0 unspecified atom stereocenters. The molecular weight excluding hydrogens is 398 g/mol. The number of nitro benzene ring substituents is 2. The van der Waals surface area contributed by atoms with Crippen molar-refractivity contribution in [1.82, 2.24) is 10.2 Å². The number of anilines is 1. The van der Waals surface area contributed by atoms with Crippen LogP contribution in [0.4, 0.5) is 21.9 Å². The van der Waals surface area contributed by atoms with E-state index in [4.69, 9.17) is 0 Å². The Bertz CT molecular complexity index is 1090. The zero-order valence-corrected chi connectivity index (χ0v) is 15.1. The third-order valence-electron chi connectivity index (χ3n) is 4.02. The summed E-state index contributed by atoms with van der Waals surface area (Å²) < 4.78 is 0. The molecule has 1 heterocycles. The second-order valence-electron chi connectivity index (χ2n) is 6.08. The van der Waals surface area contributed by atoms with Gasteiger partial charge in [-0.05, 0) is 23.8 Å². The summed E-state index contributed by atoms with van der Waals surface area (Å²) >= 11 is 0. The summed E-state index contributed by atoms with van der Waals surface area (Å²) in [6.07, 6.45) is 1.27. The maximum absolute atomic E-state index is 12.4. The summed E-state index contributed by atoms with van der Waals surface area (Å²) in [4.78, 5) is 57.6. The molecule has 0 bridgehead atoms. The number of non-ortho nitro benzene ring substituents is 2. The number of carbonyl (C=O) groups excluding carboxylic acids is 3. The van der Waals surface area contributed by atoms with Gasteiger partial charge >= 0.3 is 6.03 Å². The van der Waals surface area contributed by atoms with E-state index in [-0.39, 0.29) is 22.8 Å². The monoisotopic (exact) mass is 411 g/mol. The van der Waals surface area contributed by atoms with Gasteiger partial charge in [0.2, 0.25) is 5.91 Å². The summed E-state index contributed by atoms with van der Waals surface area (Å²) in [7, 11) is 0. The van der Waals surface area contributed by atoms with Gasteiger partial charge in [0, 0.05) is 30.0 Å². The number of carbonyl (C=O) groups is 3. The molecule has 2 aromatic rings. The van der Waals surface area contributed by atoms with Crippen molar-refractivity contribution in [3.8, 4) is 0 Å². The number of rotatable bonds is 6. The standard InChI is InChI=1S/C18H13N5O7/c24-16(19-12-4-6-13(7-5-12)22(27)28)10-21-17(25)15(20-18(21)26)9-11-2-1-3-14(8-11)23(29)30/h1-9H,10H2,(H,19,24)(H,20,26)/b15-9-. The summed E-state index contributed by atoms with van der Waals surface area (Å²) in [6, 6.07) is 9.67. The van der Waals surface area contributed by atoms with Crippen molar-refractivity contribution in [3.05, 3.63) is 80.0 Å². The molecule has 0 saturated carbocycles. The Hall–Kier alpha value is -4.61. The summed E-state index contributed by atoms with van der Waals surface area (Å²) in [5.41, 5.74) is 0.108. The summed E-state index contributed by atoms with van der Waals surface area (Å²) in [5.74, 6) is -1.46. The highest BCUT2D eigenvalue weighted by Crippen LogP contribution is 2.19. The van der Waals surface area contributed by atoms with Crippen LogP contribution >= 0.6 is 0 Å². The largest absolute Gasteiger partial charge is 0.329 e. The highest BCUT2D eigenvalue weighted by Gasteiger charge is 2.35. The van der Waals surface area contributed by atoms with E-state index in [2.05, 4.69) is 10.6 Å². The van der Waals surface area contributed by atoms with Gasteiger partial charge in [-0.25, -0.2) is 9.69 Å². The van der Waals surface area contributed by atoms with E-state index in [0.717, 1.165) is 0 Å². The van der Waals surface area contributed by atoms with Crippen LogP contribution in [0.15, 0.2) is 54.2 Å². The number of nitrogens with one attached hydrogen (secondary N) is 2. The minimum absolute atomic E-state index is 0.136. The minimum atomic E-state index is -0.824. The molecule has 3 rings (SSSR count). The molecule has 4 amide bonds. The first-order chi connectivity index (χ1) is 14.2. The smallest absolute Gasteiger partial charge is 0.325 e. The first-order valence-corrected chi connectivity index (χ1v) is 8.38. The molecule has 0 aromatic heterocycles. The predicted molar refractivity (Wildman–Crippen MR) is 103 cm³/mol. The number of imide groups is 1. The maximum atomic E-state index is 12.4. The minimum Gasteiger partial charge on any atom is -0.325 e. The second-order valence-corrected chi connectivity index (χ2v) is 6.08. The fraction of sp³-hybridized carbons (Fsp3) is 0.0556. The normalized spacial score (nSPS) is 14.5. The van der Waals surface area contributed by atoms with Crippen molar-refractivity contribution in [2.45, 2.75) is 0 Å². The Labute approximate surface area is 168 Å². The van der Waals surface area contributed by atoms with Crippen molar-refractivity contribution in [3.63, 3.8) is 0 Å². The van der Waals surface area contributed by atoms with Crippen LogP contribution in [0.25, 0.3) is 6.08 Å². The first-order valence-electron chi connectivity index (χ1n) is 8.38. The van der Waals surface area contributed by atoms with E-state index in [0.29, 0.717) is 10.5 Å². The van der Waals surface area contributed by atoms with Crippen molar-refractivity contribution in [1.29, 1.82) is 0 Å². The Morgan fingerprint density at radius 1 is 1.03 bits per heavy atom. The van der Waals surface area contributed by atoms with E-state index in [1.54, 1.807) is 0 Å². The highest BCUT2D eigenvalue weighted by atomic mass is 16.6. The number of hydrogen-bond acceptors (Lipinski definition) is 7. The van der Waals surface area contributed by atoms with Crippen molar-refractivity contribution in [2.24, 2.45) is 0 Å². The Morgan fingerprint density at radius 2 is 1.70 bits per heavy atom. The molecule has 152 valence electrons. The fourth-order valence-electron chi connectivity index (χ4n) is 2.62. The predicted octanol–water partition coefficient (Wildman–Crippen LogP) is 2.03. The van der Waals surface area contributed by atoms with Crippen molar-refractivity contribution >= 4 is 41.0 Å². The van der Waals surface area contributed by atoms with Gasteiger partial charge in [0.25, 0.3) is 17.3 Å².